The lowest BCUT2D eigenvalue weighted by atomic mass is 9.44. The Hall–Kier alpha value is -8.72. The van der Waals surface area contributed by atoms with Crippen LogP contribution < -0.4 is 16.4 Å². The molecule has 10 rings (SSSR count). The number of carbonyl (C=O) groups is 9. The van der Waals surface area contributed by atoms with E-state index in [4.69, 9.17) is 44.0 Å². The number of hydrogen-bond acceptors (Lipinski definition) is 21. The zero-order chi connectivity index (χ0) is 74.3. The van der Waals surface area contributed by atoms with E-state index in [2.05, 4.69) is 24.5 Å². The van der Waals surface area contributed by atoms with Crippen LogP contribution in [0.3, 0.4) is 0 Å². The fourth-order valence-electron chi connectivity index (χ4n) is 16.2. The number of nitrogens with two attached hydrogens (primary N) is 1. The zero-order valence-electron chi connectivity index (χ0n) is 60.6. The number of unbranched alkanes of at least 4 members (excludes halogenated alkanes) is 3. The predicted octanol–water partition coefficient (Wildman–Crippen LogP) is 9.14. The van der Waals surface area contributed by atoms with Gasteiger partial charge in [0.15, 0.2) is 17.2 Å². The summed E-state index contributed by atoms with van der Waals surface area (Å²) in [4.78, 5) is 129. The molecule has 7 N–H and O–H groups in total. The molecule has 26 nitrogen and oxygen atoms in total. The molecule has 0 radical (unpaired) electrons. The number of primary amides is 1. The number of carbonyl (C=O) groups excluding carboxylic acids is 9. The van der Waals surface area contributed by atoms with E-state index in [1.165, 1.54) is 56.7 Å². The Labute approximate surface area is 594 Å². The minimum absolute atomic E-state index is 0.0389. The smallest absolute Gasteiger partial charge is 0.410 e. The summed E-state index contributed by atoms with van der Waals surface area (Å²) >= 11 is 0. The summed E-state index contributed by atoms with van der Waals surface area (Å²) in [6.45, 7) is 18.1. The van der Waals surface area contributed by atoms with Gasteiger partial charge in [-0.2, -0.15) is 5.10 Å². The van der Waals surface area contributed by atoms with Crippen molar-refractivity contribution >= 4 is 59.3 Å². The molecule has 26 heteroatoms. The van der Waals surface area contributed by atoms with Crippen LogP contribution in [0, 0.1) is 29.1 Å². The molecule has 3 saturated carbocycles. The number of aromatic nitrogens is 2. The first-order valence-electron chi connectivity index (χ1n) is 35.2. The number of amides is 4. The van der Waals surface area contributed by atoms with Crippen LogP contribution in [0.15, 0.2) is 90.0 Å². The highest BCUT2D eigenvalue weighted by Gasteiger charge is 2.78. The number of hydrogen-bond donors (Lipinski definition) is 6. The topological polar surface area (TPSA) is 353 Å². The minimum Gasteiger partial charge on any atom is -0.455 e. The van der Waals surface area contributed by atoms with Crippen LogP contribution >= 0.6 is 0 Å². The SMILES string of the molecule is CC(=O)O[C@@]12CO[C@@H]1C[C@H](O)[C@@]1(C)C(=O)[C@H](O)C3=C(C)[C@@H](OC(=O)[C@H](OC(=O)N(C)CCCCCCN(C)C(=O)O[C@H]4CC[C@H](Nc5cc(-n6nc(C)c7c6CC(C)(C)CC7=O)ccc5C(N)=O)CC4)[C@@H](NC(=O)OC(C)(C)C)c4ccccc4)C[C@@](O)([C@@H](OC(=O)c4ccccc4)[C@H]21)C3(C)C. The van der Waals surface area contributed by atoms with Crippen molar-refractivity contribution in [3.8, 4) is 5.69 Å². The van der Waals surface area contributed by atoms with E-state index in [0.717, 1.165) is 12.6 Å². The summed E-state index contributed by atoms with van der Waals surface area (Å²) in [6, 6.07) is 19.7. The fraction of sp³-hybridized carbons (Fsp3) is 0.579. The molecule has 1 aromatic heterocycles. The van der Waals surface area contributed by atoms with Crippen molar-refractivity contribution in [3.63, 3.8) is 0 Å². The third kappa shape index (κ3) is 15.2. The summed E-state index contributed by atoms with van der Waals surface area (Å²) in [5, 5.41) is 49.7. The van der Waals surface area contributed by atoms with Crippen LogP contribution in [-0.2, 0) is 54.0 Å². The number of alkyl carbamates (subject to hydrolysis) is 1. The van der Waals surface area contributed by atoms with Gasteiger partial charge < -0.3 is 74.6 Å². The van der Waals surface area contributed by atoms with Gasteiger partial charge >= 0.3 is 36.2 Å². The molecule has 0 unspecified atom stereocenters. The quantitative estimate of drug-likeness (QED) is 0.0196. The normalized spacial score (nSPS) is 27.6. The Morgan fingerprint density at radius 1 is 0.814 bits per heavy atom. The maximum absolute atomic E-state index is 15.5. The third-order valence-corrected chi connectivity index (χ3v) is 21.7. The number of ether oxygens (including phenoxy) is 7. The average Bonchev–Trinajstić information content (AvgIpc) is 0.760. The molecule has 4 aromatic rings. The Morgan fingerprint density at radius 2 is 1.44 bits per heavy atom. The van der Waals surface area contributed by atoms with Crippen LogP contribution in [0.5, 0.6) is 0 Å². The molecule has 11 atom stereocenters. The van der Waals surface area contributed by atoms with Gasteiger partial charge in [-0.3, -0.25) is 19.2 Å². The molecule has 2 heterocycles. The molecular formula is C76H99N7O19. The van der Waals surface area contributed by atoms with Crippen LogP contribution in [0.25, 0.3) is 5.69 Å². The third-order valence-electron chi connectivity index (χ3n) is 21.7. The van der Waals surface area contributed by atoms with Crippen molar-refractivity contribution in [1.29, 1.82) is 0 Å². The summed E-state index contributed by atoms with van der Waals surface area (Å²) in [5.74, 6) is -6.12. The predicted molar refractivity (Wildman–Crippen MR) is 371 cm³/mol. The van der Waals surface area contributed by atoms with Crippen molar-refractivity contribution < 1.29 is 91.6 Å². The first kappa shape index (κ1) is 75.9. The number of aliphatic hydroxyl groups is 3. The maximum Gasteiger partial charge on any atom is 0.410 e. The minimum atomic E-state index is -2.48. The van der Waals surface area contributed by atoms with E-state index in [-0.39, 0.29) is 65.2 Å². The number of nitrogens with one attached hydrogen (secondary N) is 2. The number of rotatable bonds is 21. The largest absolute Gasteiger partial charge is 0.455 e. The number of nitrogens with zero attached hydrogens (tertiary/aromatic N) is 4. The molecule has 102 heavy (non-hydrogen) atoms. The second kappa shape index (κ2) is 29.6. The van der Waals surface area contributed by atoms with Crippen LogP contribution in [0.2, 0.25) is 0 Å². The fourth-order valence-corrected chi connectivity index (χ4v) is 16.2. The van der Waals surface area contributed by atoms with Crippen molar-refractivity contribution in [2.45, 2.75) is 225 Å². The maximum atomic E-state index is 15.5. The molecule has 4 amide bonds. The molecule has 5 aliphatic carbocycles. The highest BCUT2D eigenvalue weighted by molar-refractivity contribution is 6.01. The highest BCUT2D eigenvalue weighted by atomic mass is 16.6. The molecule has 0 spiro atoms. The van der Waals surface area contributed by atoms with Gasteiger partial charge in [-0.05, 0) is 139 Å². The number of Topliss-reactive ketones (excluding diaryl/α,β-unsaturated/α-hetero) is 2. The van der Waals surface area contributed by atoms with Crippen molar-refractivity contribution in [2.24, 2.45) is 27.9 Å². The van der Waals surface area contributed by atoms with Gasteiger partial charge in [-0.25, -0.2) is 28.7 Å². The molecule has 6 aliphatic rings. The van der Waals surface area contributed by atoms with Gasteiger partial charge in [0.1, 0.15) is 47.8 Å². The Bertz CT molecular complexity index is 3900. The summed E-state index contributed by atoms with van der Waals surface area (Å²) in [5.41, 5.74) is 0.449. The molecule has 552 valence electrons. The molecule has 1 aliphatic heterocycles. The van der Waals surface area contributed by atoms with Gasteiger partial charge in [0.05, 0.1) is 57.8 Å². The number of benzene rings is 3. The number of ketones is 2. The summed E-state index contributed by atoms with van der Waals surface area (Å²) < 4.78 is 44.5. The average molecular weight is 1410 g/mol. The van der Waals surface area contributed by atoms with Crippen LogP contribution in [0.4, 0.5) is 20.1 Å². The Kier molecular flexibility index (Phi) is 22.0. The van der Waals surface area contributed by atoms with E-state index < -0.39 is 131 Å². The number of aryl methyl sites for hydroxylation is 1. The second-order valence-corrected chi connectivity index (χ2v) is 31.0. The Balaban J connectivity index is 0.804. The van der Waals surface area contributed by atoms with E-state index in [9.17, 15) is 48.9 Å². The highest BCUT2D eigenvalue weighted by Crippen LogP contribution is 2.64. The van der Waals surface area contributed by atoms with Gasteiger partial charge in [-0.15, -0.1) is 0 Å². The number of esters is 3. The number of fused-ring (bicyclic) bond motifs is 6. The molecule has 2 bridgehead atoms. The first-order chi connectivity index (χ1) is 47.9. The van der Waals surface area contributed by atoms with Gasteiger partial charge in [0.2, 0.25) is 6.10 Å². The second-order valence-electron chi connectivity index (χ2n) is 31.0. The monoisotopic (exact) mass is 1410 g/mol. The van der Waals surface area contributed by atoms with E-state index >= 15 is 9.59 Å². The number of anilines is 1. The first-order valence-corrected chi connectivity index (χ1v) is 35.2. The Morgan fingerprint density at radius 3 is 2.04 bits per heavy atom. The summed E-state index contributed by atoms with van der Waals surface area (Å²) in [7, 11) is 3.14. The lowest BCUT2D eigenvalue weighted by Gasteiger charge is -2.67. The van der Waals surface area contributed by atoms with Gasteiger partial charge in [0, 0.05) is 70.5 Å². The van der Waals surface area contributed by atoms with Crippen LogP contribution in [0.1, 0.15) is 194 Å². The van der Waals surface area contributed by atoms with Crippen molar-refractivity contribution in [2.75, 3.05) is 39.1 Å². The van der Waals surface area contributed by atoms with Crippen molar-refractivity contribution in [3.05, 3.63) is 124 Å². The standard InChI is InChI=1S/C76H99N7O19/c1-42-54(40-76(95)64(100-66(90)46-26-20-17-21-27-46)62-74(11,63(88)60(87)58(42)73(76,9)10)55(86)37-56-75(62,41-96-56)101-44(3)84)98-67(91)61(59(45-24-18-16-19-25-45)79-68(92)102-71(4,5)6)99-70(94)82(13)35-23-15-14-22-34-81(12)69(93)97-49-31-28-47(29-32-49)78-51-36-48(30-33-50(51)65(77)89)83-52-38-72(7,8)39-53(85)57(52)43(2)80-83/h16-21,24-27,30,33,36,47,49,54-56,59-62,64,78,86-87,95H,14-15,22-23,28-29,31-32,34-35,37-41H2,1-13H3,(H2,77,89)(H,79,92)/t47-,49-,54-,55-,56+,59-,60+,61+,62-,64-,74+,75-,76+/m0/s1. The molecule has 1 saturated heterocycles. The zero-order valence-corrected chi connectivity index (χ0v) is 60.6. The van der Waals surface area contributed by atoms with Crippen molar-refractivity contribution in [1.82, 2.24) is 24.9 Å². The van der Waals surface area contributed by atoms with E-state index in [0.29, 0.717) is 98.9 Å². The van der Waals surface area contributed by atoms with Crippen LogP contribution in [-0.4, -0.2) is 188 Å². The lowest BCUT2D eigenvalue weighted by molar-refractivity contribution is -0.346. The van der Waals surface area contributed by atoms with E-state index in [1.807, 2.05) is 13.0 Å². The van der Waals surface area contributed by atoms with Gasteiger partial charge in [-0.1, -0.05) is 89.1 Å². The number of aliphatic hydroxyl groups excluding tert-OH is 2. The summed E-state index contributed by atoms with van der Waals surface area (Å²) in [6.07, 6.45) is -8.04. The lowest BCUT2D eigenvalue weighted by Crippen LogP contribution is -2.81. The molecule has 4 fully saturated rings. The molecule has 3 aromatic carbocycles. The van der Waals surface area contributed by atoms with Gasteiger partial charge in [0.25, 0.3) is 5.91 Å². The molecular weight excluding hydrogens is 1310 g/mol. The van der Waals surface area contributed by atoms with E-state index in [1.54, 1.807) is 93.2 Å².